The predicted molar refractivity (Wildman–Crippen MR) is 67.4 cm³/mol. The first-order valence-corrected chi connectivity index (χ1v) is 5.52. The van der Waals surface area contributed by atoms with Crippen LogP contribution in [0.25, 0.3) is 0 Å². The summed E-state index contributed by atoms with van der Waals surface area (Å²) >= 11 is 0. The second kappa shape index (κ2) is 5.50. The third kappa shape index (κ3) is 2.92. The molecule has 5 nitrogen and oxygen atoms in total. The fraction of sp³-hybridized carbons (Fsp3) is 0. The molecule has 0 spiro atoms. The van der Waals surface area contributed by atoms with Crippen molar-refractivity contribution in [1.29, 1.82) is 5.26 Å². The maximum Gasteiger partial charge on any atom is 0.289 e. The highest BCUT2D eigenvalue weighted by Crippen LogP contribution is 2.26. The van der Waals surface area contributed by atoms with Gasteiger partial charge >= 0.3 is 0 Å². The monoisotopic (exact) mass is 293 g/mol. The van der Waals surface area contributed by atoms with Crippen LogP contribution in [0.4, 0.5) is 30.2 Å². The summed E-state index contributed by atoms with van der Waals surface area (Å²) in [5.74, 6) is -4.38. The molecular formula is C13H6F3N3O2. The van der Waals surface area contributed by atoms with Crippen molar-refractivity contribution >= 4 is 17.1 Å². The number of anilines is 2. The minimum Gasteiger partial charge on any atom is -0.355 e. The predicted octanol–water partition coefficient (Wildman–Crippen LogP) is 3.63. The van der Waals surface area contributed by atoms with Crippen molar-refractivity contribution in [2.24, 2.45) is 0 Å². The number of nitrogens with one attached hydrogen (secondary N) is 1. The van der Waals surface area contributed by atoms with Gasteiger partial charge in [0.15, 0.2) is 17.5 Å². The summed E-state index contributed by atoms with van der Waals surface area (Å²) in [5, 5.41) is 22.0. The summed E-state index contributed by atoms with van der Waals surface area (Å²) < 4.78 is 38.9. The van der Waals surface area contributed by atoms with Crippen LogP contribution in [-0.2, 0) is 0 Å². The molecule has 0 aliphatic rings. The second-order valence-corrected chi connectivity index (χ2v) is 3.98. The van der Waals surface area contributed by atoms with E-state index in [9.17, 15) is 23.3 Å². The first kappa shape index (κ1) is 14.3. The Bertz CT molecular complexity index is 749. The standard InChI is InChI=1S/C13H6F3N3O2/c14-10-3-9(4-11(15)13(10)16)18-8-2-1-7(6-17)12(5-8)19(20)21/h1-5,18H. The van der Waals surface area contributed by atoms with Gasteiger partial charge in [-0.05, 0) is 12.1 Å². The van der Waals surface area contributed by atoms with Crippen molar-refractivity contribution in [3.63, 3.8) is 0 Å². The molecule has 8 heteroatoms. The van der Waals surface area contributed by atoms with Gasteiger partial charge in [0.25, 0.3) is 5.69 Å². The van der Waals surface area contributed by atoms with Crippen molar-refractivity contribution in [2.45, 2.75) is 0 Å². The van der Waals surface area contributed by atoms with Gasteiger partial charge in [0.2, 0.25) is 0 Å². The smallest absolute Gasteiger partial charge is 0.289 e. The summed E-state index contributed by atoms with van der Waals surface area (Å²) in [6, 6.07) is 6.63. The fourth-order valence-electron chi connectivity index (χ4n) is 1.65. The van der Waals surface area contributed by atoms with E-state index in [1.165, 1.54) is 12.1 Å². The molecule has 21 heavy (non-hydrogen) atoms. The third-order valence-corrected chi connectivity index (χ3v) is 2.59. The number of nitriles is 1. The van der Waals surface area contributed by atoms with E-state index in [0.29, 0.717) is 12.1 Å². The minimum absolute atomic E-state index is 0.120. The lowest BCUT2D eigenvalue weighted by atomic mass is 10.1. The zero-order valence-corrected chi connectivity index (χ0v) is 10.2. The largest absolute Gasteiger partial charge is 0.355 e. The molecule has 2 rings (SSSR count). The number of nitro groups is 1. The van der Waals surface area contributed by atoms with Crippen LogP contribution in [0.15, 0.2) is 30.3 Å². The maximum absolute atomic E-state index is 13.1. The minimum atomic E-state index is -1.61. The zero-order chi connectivity index (χ0) is 15.6. The average molecular weight is 293 g/mol. The SMILES string of the molecule is N#Cc1ccc(Nc2cc(F)c(F)c(F)c2)cc1[N+](=O)[O-]. The summed E-state index contributed by atoms with van der Waals surface area (Å²) in [4.78, 5) is 10.0. The van der Waals surface area contributed by atoms with Gasteiger partial charge in [-0.2, -0.15) is 5.26 Å². The molecule has 106 valence electrons. The molecule has 0 unspecified atom stereocenters. The molecule has 2 aromatic rings. The Hall–Kier alpha value is -3.08. The lowest BCUT2D eigenvalue weighted by Crippen LogP contribution is -1.98. The molecule has 0 heterocycles. The Kier molecular flexibility index (Phi) is 3.75. The van der Waals surface area contributed by atoms with Crippen molar-refractivity contribution in [3.8, 4) is 6.07 Å². The van der Waals surface area contributed by atoms with E-state index in [-0.39, 0.29) is 16.9 Å². The van der Waals surface area contributed by atoms with Crippen LogP contribution in [0, 0.1) is 38.9 Å². The molecule has 0 bridgehead atoms. The van der Waals surface area contributed by atoms with E-state index in [2.05, 4.69) is 5.32 Å². The average Bonchev–Trinajstić information content (AvgIpc) is 2.44. The van der Waals surface area contributed by atoms with Gasteiger partial charge in [0.05, 0.1) is 4.92 Å². The van der Waals surface area contributed by atoms with Crippen LogP contribution in [0.1, 0.15) is 5.56 Å². The first-order chi connectivity index (χ1) is 9.92. The Morgan fingerprint density at radius 1 is 1.10 bits per heavy atom. The van der Waals surface area contributed by atoms with Crippen LogP contribution < -0.4 is 5.32 Å². The highest BCUT2D eigenvalue weighted by molar-refractivity contribution is 5.65. The van der Waals surface area contributed by atoms with Gasteiger partial charge in [-0.1, -0.05) is 0 Å². The van der Waals surface area contributed by atoms with Gasteiger partial charge < -0.3 is 5.32 Å². The third-order valence-electron chi connectivity index (χ3n) is 2.59. The van der Waals surface area contributed by atoms with Crippen molar-refractivity contribution in [2.75, 3.05) is 5.32 Å². The topological polar surface area (TPSA) is 79.0 Å². The van der Waals surface area contributed by atoms with Gasteiger partial charge in [0.1, 0.15) is 11.6 Å². The van der Waals surface area contributed by atoms with E-state index in [0.717, 1.165) is 6.07 Å². The maximum atomic E-state index is 13.1. The number of rotatable bonds is 3. The van der Waals surface area contributed by atoms with Gasteiger partial charge in [-0.15, -0.1) is 0 Å². The van der Waals surface area contributed by atoms with E-state index in [1.807, 2.05) is 0 Å². The first-order valence-electron chi connectivity index (χ1n) is 5.52. The molecule has 0 amide bonds. The number of hydrogen-bond donors (Lipinski definition) is 1. The Labute approximate surface area is 116 Å². The molecule has 0 aromatic heterocycles. The van der Waals surface area contributed by atoms with Gasteiger partial charge in [-0.3, -0.25) is 10.1 Å². The van der Waals surface area contributed by atoms with Crippen molar-refractivity contribution in [3.05, 3.63) is 63.5 Å². The molecule has 0 aliphatic carbocycles. The Balaban J connectivity index is 2.39. The van der Waals surface area contributed by atoms with E-state index >= 15 is 0 Å². The number of hydrogen-bond acceptors (Lipinski definition) is 4. The fourth-order valence-corrected chi connectivity index (χ4v) is 1.65. The molecule has 0 fully saturated rings. The molecular weight excluding hydrogens is 287 g/mol. The van der Waals surface area contributed by atoms with Gasteiger partial charge in [-0.25, -0.2) is 13.2 Å². The summed E-state index contributed by atoms with van der Waals surface area (Å²) in [6.45, 7) is 0. The van der Waals surface area contributed by atoms with Crippen LogP contribution in [-0.4, -0.2) is 4.92 Å². The van der Waals surface area contributed by atoms with Crippen LogP contribution in [0.5, 0.6) is 0 Å². The zero-order valence-electron chi connectivity index (χ0n) is 10.2. The summed E-state index contributed by atoms with van der Waals surface area (Å²) in [7, 11) is 0. The molecule has 0 saturated carbocycles. The van der Waals surface area contributed by atoms with Gasteiger partial charge in [0, 0.05) is 29.6 Å². The molecule has 1 N–H and O–H groups in total. The number of halogens is 3. The van der Waals surface area contributed by atoms with E-state index in [4.69, 9.17) is 5.26 Å². The Morgan fingerprint density at radius 2 is 1.71 bits per heavy atom. The molecule has 0 saturated heterocycles. The normalized spacial score (nSPS) is 10.0. The van der Waals surface area contributed by atoms with Crippen LogP contribution >= 0.6 is 0 Å². The number of nitro benzene ring substituents is 1. The number of nitrogens with zero attached hydrogens (tertiary/aromatic N) is 2. The van der Waals surface area contributed by atoms with E-state index in [1.54, 1.807) is 6.07 Å². The lowest BCUT2D eigenvalue weighted by Gasteiger charge is -2.07. The van der Waals surface area contributed by atoms with Crippen molar-refractivity contribution < 1.29 is 18.1 Å². The highest BCUT2D eigenvalue weighted by atomic mass is 19.2. The molecule has 0 atom stereocenters. The summed E-state index contributed by atoms with van der Waals surface area (Å²) in [5.41, 5.74) is -0.593. The molecule has 0 aliphatic heterocycles. The quantitative estimate of drug-likeness (QED) is 0.532. The second-order valence-electron chi connectivity index (χ2n) is 3.98. The summed E-state index contributed by atoms with van der Waals surface area (Å²) in [6.07, 6.45) is 0. The molecule has 2 aromatic carbocycles. The van der Waals surface area contributed by atoms with Crippen LogP contribution in [0.2, 0.25) is 0 Å². The highest BCUT2D eigenvalue weighted by Gasteiger charge is 2.15. The van der Waals surface area contributed by atoms with Crippen molar-refractivity contribution in [1.82, 2.24) is 0 Å². The lowest BCUT2D eigenvalue weighted by molar-refractivity contribution is -0.385. The molecule has 0 radical (unpaired) electrons. The number of benzene rings is 2. The Morgan fingerprint density at radius 3 is 2.24 bits per heavy atom. The van der Waals surface area contributed by atoms with Crippen LogP contribution in [0.3, 0.4) is 0 Å². The van der Waals surface area contributed by atoms with E-state index < -0.39 is 28.1 Å².